The van der Waals surface area contributed by atoms with Crippen molar-refractivity contribution in [2.45, 2.75) is 53.4 Å². The zero-order valence-corrected chi connectivity index (χ0v) is 12.7. The number of aliphatic hydroxyl groups is 1. The molecule has 0 rings (SSSR count). The summed E-state index contributed by atoms with van der Waals surface area (Å²) in [6, 6.07) is 0. The number of allylic oxidation sites excluding steroid dienone is 5. The van der Waals surface area contributed by atoms with Gasteiger partial charge in [0.25, 0.3) is 0 Å². The fourth-order valence-corrected chi connectivity index (χ4v) is 1.49. The maximum Gasteiger partial charge on any atom is 0.211 e. The van der Waals surface area contributed by atoms with Crippen molar-refractivity contribution < 1.29 is 5.11 Å². The maximum atomic E-state index is 8.72. The first-order chi connectivity index (χ1) is 8.97. The number of hydrogen-bond donors (Lipinski definition) is 3. The summed E-state index contributed by atoms with van der Waals surface area (Å²) in [6.45, 7) is 8.71. The van der Waals surface area contributed by atoms with E-state index in [9.17, 15) is 0 Å². The molecule has 4 heteroatoms. The first-order valence-corrected chi connectivity index (χ1v) is 6.56. The zero-order chi connectivity index (χ0) is 15.1. The molecular weight excluding hydrogens is 238 g/mol. The Morgan fingerprint density at radius 2 is 1.32 bits per heavy atom. The molecule has 108 valence electrons. The highest BCUT2D eigenvalue weighted by molar-refractivity contribution is 5.05. The largest absolute Gasteiger partial charge is 0.392 e. The number of aliphatic hydroxyl groups excluding tert-OH is 1. The molecule has 0 aromatic carbocycles. The number of nitrogens with zero attached hydrogens (tertiary/aromatic N) is 1. The molecule has 0 atom stereocenters. The lowest BCUT2D eigenvalue weighted by Gasteiger charge is -2.00. The van der Waals surface area contributed by atoms with Gasteiger partial charge in [-0.15, -0.1) is 0 Å². The van der Waals surface area contributed by atoms with Crippen LogP contribution in [0.3, 0.4) is 0 Å². The first-order valence-electron chi connectivity index (χ1n) is 6.56. The van der Waals surface area contributed by atoms with E-state index in [0.29, 0.717) is 0 Å². The van der Waals surface area contributed by atoms with Crippen LogP contribution in [-0.2, 0) is 0 Å². The number of nitrogens with one attached hydrogen (secondary N) is 2. The molecular formula is C15H28N3O+. The molecule has 0 aliphatic rings. The van der Waals surface area contributed by atoms with Gasteiger partial charge in [0.2, 0.25) is 4.91 Å². The zero-order valence-electron chi connectivity index (χ0n) is 12.7. The van der Waals surface area contributed by atoms with Gasteiger partial charge in [0, 0.05) is 0 Å². The number of hydrogen-bond acceptors (Lipinski definition) is 3. The Hall–Kier alpha value is -1.51. The topological polar surface area (TPSA) is 82.0 Å². The van der Waals surface area contributed by atoms with Crippen molar-refractivity contribution in [1.82, 2.24) is 4.91 Å². The van der Waals surface area contributed by atoms with Crippen LogP contribution in [0.1, 0.15) is 53.4 Å². The van der Waals surface area contributed by atoms with Gasteiger partial charge >= 0.3 is 0 Å². The molecule has 0 heterocycles. The van der Waals surface area contributed by atoms with Crippen LogP contribution in [0.25, 0.3) is 0 Å². The van der Waals surface area contributed by atoms with Crippen LogP contribution >= 0.6 is 0 Å². The Balaban J connectivity index is 0. The summed E-state index contributed by atoms with van der Waals surface area (Å²) >= 11 is 0. The van der Waals surface area contributed by atoms with Crippen molar-refractivity contribution in [3.63, 3.8) is 0 Å². The second kappa shape index (κ2) is 14.6. The van der Waals surface area contributed by atoms with Crippen molar-refractivity contribution in [1.29, 1.82) is 11.1 Å². The summed E-state index contributed by atoms with van der Waals surface area (Å²) < 4.78 is 0. The summed E-state index contributed by atoms with van der Waals surface area (Å²) in [5.41, 5.74) is 15.1. The van der Waals surface area contributed by atoms with E-state index in [2.05, 4.69) is 39.8 Å². The van der Waals surface area contributed by atoms with Crippen molar-refractivity contribution in [3.05, 3.63) is 34.9 Å². The molecule has 0 aromatic heterocycles. The average Bonchev–Trinajstić information content (AvgIpc) is 2.29. The van der Waals surface area contributed by atoms with Gasteiger partial charge < -0.3 is 5.11 Å². The van der Waals surface area contributed by atoms with Crippen LogP contribution in [0.15, 0.2) is 34.9 Å². The van der Waals surface area contributed by atoms with Crippen molar-refractivity contribution in [2.24, 2.45) is 0 Å². The van der Waals surface area contributed by atoms with Crippen LogP contribution in [0.4, 0.5) is 0 Å². The quantitative estimate of drug-likeness (QED) is 0.353. The van der Waals surface area contributed by atoms with Crippen LogP contribution in [-0.4, -0.2) is 11.7 Å². The highest BCUT2D eigenvalue weighted by Gasteiger charge is 1.91. The van der Waals surface area contributed by atoms with E-state index in [1.54, 1.807) is 0 Å². The highest BCUT2D eigenvalue weighted by atomic mass is 16.2. The van der Waals surface area contributed by atoms with E-state index < -0.39 is 0 Å². The van der Waals surface area contributed by atoms with Gasteiger partial charge in [0.05, 0.1) is 6.61 Å². The average molecular weight is 266 g/mol. The Morgan fingerprint density at radius 3 is 1.74 bits per heavy atom. The molecule has 0 aliphatic heterocycles. The molecule has 0 spiro atoms. The lowest BCUT2D eigenvalue weighted by atomic mass is 10.1. The van der Waals surface area contributed by atoms with Gasteiger partial charge in [-0.25, -0.2) is 0 Å². The van der Waals surface area contributed by atoms with Crippen molar-refractivity contribution in [3.8, 4) is 0 Å². The standard InChI is InChI=1S/C15H26O.H2N3/c1-13(2)7-5-8-14(3)9-6-10-15(4)11-12-16;1-3-2/h7,9,11,16H,5-6,8,10,12H2,1-4H3;1-2H/q;+1. The van der Waals surface area contributed by atoms with Gasteiger partial charge in [-0.2, -0.15) is 0 Å². The minimum Gasteiger partial charge on any atom is -0.392 e. The molecule has 3 N–H and O–H groups in total. The Morgan fingerprint density at radius 1 is 0.895 bits per heavy atom. The summed E-state index contributed by atoms with van der Waals surface area (Å²) in [5, 5.41) is 8.72. The van der Waals surface area contributed by atoms with Gasteiger partial charge in [0.1, 0.15) is 11.1 Å². The second-order valence-corrected chi connectivity index (χ2v) is 4.75. The Kier molecular flexibility index (Phi) is 15.2. The lowest BCUT2D eigenvalue weighted by molar-refractivity contribution is 0.341. The SMILES string of the molecule is CC(C)=CCCC(C)=CCCC(C)=CCO.N=[N+]=N. The Bertz CT molecular complexity index is 344. The van der Waals surface area contributed by atoms with E-state index in [1.165, 1.54) is 16.7 Å². The molecule has 0 bridgehead atoms. The third-order valence-corrected chi connectivity index (χ3v) is 2.56. The van der Waals surface area contributed by atoms with Crippen LogP contribution in [0, 0.1) is 11.1 Å². The summed E-state index contributed by atoms with van der Waals surface area (Å²) in [7, 11) is 0. The molecule has 19 heavy (non-hydrogen) atoms. The molecule has 4 nitrogen and oxygen atoms in total. The highest BCUT2D eigenvalue weighted by Crippen LogP contribution is 2.10. The summed E-state index contributed by atoms with van der Waals surface area (Å²) in [6.07, 6.45) is 10.9. The molecule has 0 radical (unpaired) electrons. The molecule has 0 amide bonds. The monoisotopic (exact) mass is 266 g/mol. The predicted octanol–water partition coefficient (Wildman–Crippen LogP) is 4.51. The van der Waals surface area contributed by atoms with Gasteiger partial charge in [-0.05, 0) is 53.4 Å². The van der Waals surface area contributed by atoms with E-state index in [4.69, 9.17) is 16.2 Å². The smallest absolute Gasteiger partial charge is 0.211 e. The van der Waals surface area contributed by atoms with E-state index in [0.717, 1.165) is 25.7 Å². The minimum absolute atomic E-state index is 0.162. The van der Waals surface area contributed by atoms with Crippen molar-refractivity contribution in [2.75, 3.05) is 6.61 Å². The molecule has 0 saturated carbocycles. The van der Waals surface area contributed by atoms with Crippen LogP contribution < -0.4 is 4.91 Å². The summed E-state index contributed by atoms with van der Waals surface area (Å²) in [5.74, 6) is 0. The minimum atomic E-state index is 0.162. The van der Waals surface area contributed by atoms with Gasteiger partial charge in [-0.1, -0.05) is 34.9 Å². The van der Waals surface area contributed by atoms with Crippen molar-refractivity contribution >= 4 is 0 Å². The maximum absolute atomic E-state index is 8.72. The third kappa shape index (κ3) is 19.0. The summed E-state index contributed by atoms with van der Waals surface area (Å²) in [4.78, 5) is 2.00. The Labute approximate surface area is 117 Å². The molecule has 0 aromatic rings. The lowest BCUT2D eigenvalue weighted by Crippen LogP contribution is -1.82. The fourth-order valence-electron chi connectivity index (χ4n) is 1.49. The van der Waals surface area contributed by atoms with Gasteiger partial charge in [0.15, 0.2) is 0 Å². The molecule has 0 fully saturated rings. The molecule has 0 unspecified atom stereocenters. The van der Waals surface area contributed by atoms with Crippen LogP contribution in [0.2, 0.25) is 0 Å². The van der Waals surface area contributed by atoms with E-state index in [1.807, 2.05) is 11.0 Å². The predicted molar refractivity (Wildman–Crippen MR) is 80.1 cm³/mol. The molecule has 0 saturated heterocycles. The normalized spacial score (nSPS) is 11.2. The molecule has 0 aliphatic carbocycles. The fraction of sp³-hybridized carbons (Fsp3) is 0.600. The second-order valence-electron chi connectivity index (χ2n) is 4.75. The number of rotatable bonds is 7. The van der Waals surface area contributed by atoms with E-state index >= 15 is 0 Å². The van der Waals surface area contributed by atoms with E-state index in [-0.39, 0.29) is 6.61 Å². The van der Waals surface area contributed by atoms with Gasteiger partial charge in [-0.3, -0.25) is 0 Å². The first kappa shape index (κ1) is 19.8. The van der Waals surface area contributed by atoms with Crippen LogP contribution in [0.5, 0.6) is 0 Å². The third-order valence-electron chi connectivity index (χ3n) is 2.56.